The zero-order valence-electron chi connectivity index (χ0n) is 18.2. The lowest BCUT2D eigenvalue weighted by Crippen LogP contribution is -2.36. The fourth-order valence-electron chi connectivity index (χ4n) is 3.61. The topological polar surface area (TPSA) is 38.8 Å². The van der Waals surface area contributed by atoms with E-state index in [-0.39, 0.29) is 5.97 Å². The standard InChI is InChI=1S/C26H23Cl2NO3S/c1-2-32-26(30)24-21(16-19-9-11-22(27)23(28)17-19)20(10-8-18-6-4-3-5-7-18)25(33-24)29-12-14-31-15-13-29/h3-7,9,11,17H,2,12-16H2,1H3. The molecule has 0 amide bonds. The molecule has 4 nitrogen and oxygen atoms in total. The Morgan fingerprint density at radius 1 is 1.09 bits per heavy atom. The average molecular weight is 500 g/mol. The second-order valence-electron chi connectivity index (χ2n) is 7.45. The highest BCUT2D eigenvalue weighted by atomic mass is 35.5. The van der Waals surface area contributed by atoms with Crippen molar-refractivity contribution in [1.29, 1.82) is 0 Å². The van der Waals surface area contributed by atoms with E-state index >= 15 is 0 Å². The van der Waals surface area contributed by atoms with E-state index in [4.69, 9.17) is 32.7 Å². The first-order valence-electron chi connectivity index (χ1n) is 10.7. The van der Waals surface area contributed by atoms with E-state index in [1.807, 2.05) is 49.4 Å². The average Bonchev–Trinajstić information content (AvgIpc) is 3.19. The van der Waals surface area contributed by atoms with Crippen molar-refractivity contribution < 1.29 is 14.3 Å². The van der Waals surface area contributed by atoms with E-state index in [0.29, 0.717) is 41.2 Å². The van der Waals surface area contributed by atoms with Crippen LogP contribution in [0, 0.1) is 11.8 Å². The summed E-state index contributed by atoms with van der Waals surface area (Å²) in [6.45, 7) is 4.88. The molecule has 0 atom stereocenters. The number of benzene rings is 2. The molecule has 1 aliphatic heterocycles. The van der Waals surface area contributed by atoms with Crippen LogP contribution in [0.2, 0.25) is 10.0 Å². The summed E-state index contributed by atoms with van der Waals surface area (Å²) in [6, 6.07) is 15.3. The van der Waals surface area contributed by atoms with Gasteiger partial charge in [-0.1, -0.05) is 59.3 Å². The van der Waals surface area contributed by atoms with Crippen LogP contribution in [0.4, 0.5) is 5.00 Å². The number of nitrogens with zero attached hydrogens (tertiary/aromatic N) is 1. The molecule has 0 radical (unpaired) electrons. The van der Waals surface area contributed by atoms with Crippen molar-refractivity contribution in [3.63, 3.8) is 0 Å². The van der Waals surface area contributed by atoms with E-state index in [1.54, 1.807) is 6.07 Å². The van der Waals surface area contributed by atoms with Crippen LogP contribution in [-0.2, 0) is 15.9 Å². The van der Waals surface area contributed by atoms with Crippen molar-refractivity contribution in [1.82, 2.24) is 0 Å². The van der Waals surface area contributed by atoms with Gasteiger partial charge in [0.15, 0.2) is 0 Å². The predicted octanol–water partition coefficient (Wildman–Crippen LogP) is 6.06. The van der Waals surface area contributed by atoms with Gasteiger partial charge in [-0.15, -0.1) is 11.3 Å². The smallest absolute Gasteiger partial charge is 0.348 e. The number of rotatable bonds is 5. The Morgan fingerprint density at radius 3 is 2.55 bits per heavy atom. The van der Waals surface area contributed by atoms with Crippen LogP contribution in [0.3, 0.4) is 0 Å². The second-order valence-corrected chi connectivity index (χ2v) is 9.26. The number of esters is 1. The normalized spacial score (nSPS) is 13.4. The summed E-state index contributed by atoms with van der Waals surface area (Å²) in [4.78, 5) is 15.8. The van der Waals surface area contributed by atoms with Crippen molar-refractivity contribution >= 4 is 45.5 Å². The third-order valence-corrected chi connectivity index (χ3v) is 7.23. The number of ether oxygens (including phenoxy) is 2. The number of carbonyl (C=O) groups excluding carboxylic acids is 1. The highest BCUT2D eigenvalue weighted by Crippen LogP contribution is 2.38. The van der Waals surface area contributed by atoms with Crippen molar-refractivity contribution in [2.45, 2.75) is 13.3 Å². The summed E-state index contributed by atoms with van der Waals surface area (Å²) >= 11 is 13.8. The maximum absolute atomic E-state index is 12.9. The summed E-state index contributed by atoms with van der Waals surface area (Å²) in [6.07, 6.45) is 0.491. The third kappa shape index (κ3) is 5.72. The number of morpholine rings is 1. The Balaban J connectivity index is 1.85. The first kappa shape index (κ1) is 23.7. The summed E-state index contributed by atoms with van der Waals surface area (Å²) in [7, 11) is 0. The first-order valence-corrected chi connectivity index (χ1v) is 12.3. The van der Waals surface area contributed by atoms with Crippen LogP contribution in [0.25, 0.3) is 0 Å². The molecule has 0 N–H and O–H groups in total. The minimum atomic E-state index is -0.333. The number of hydrogen-bond acceptors (Lipinski definition) is 5. The maximum atomic E-state index is 12.9. The van der Waals surface area contributed by atoms with Crippen LogP contribution >= 0.6 is 34.5 Å². The highest BCUT2D eigenvalue weighted by molar-refractivity contribution is 7.18. The SMILES string of the molecule is CCOC(=O)c1sc(N2CCOCC2)c(C#Cc2ccccc2)c1Cc1ccc(Cl)c(Cl)c1. The van der Waals surface area contributed by atoms with Crippen molar-refractivity contribution in [2.24, 2.45) is 0 Å². The van der Waals surface area contributed by atoms with E-state index in [2.05, 4.69) is 16.7 Å². The Kier molecular flexibility index (Phi) is 7.95. The van der Waals surface area contributed by atoms with Crippen molar-refractivity contribution in [3.8, 4) is 11.8 Å². The van der Waals surface area contributed by atoms with Gasteiger partial charge in [-0.3, -0.25) is 0 Å². The highest BCUT2D eigenvalue weighted by Gasteiger charge is 2.27. The molecule has 2 heterocycles. The number of anilines is 1. The number of carbonyl (C=O) groups is 1. The molecule has 0 unspecified atom stereocenters. The van der Waals surface area contributed by atoms with Gasteiger partial charge in [0, 0.05) is 25.1 Å². The maximum Gasteiger partial charge on any atom is 0.348 e. The zero-order valence-corrected chi connectivity index (χ0v) is 20.5. The molecule has 170 valence electrons. The molecule has 0 aliphatic carbocycles. The van der Waals surface area contributed by atoms with Crippen molar-refractivity contribution in [2.75, 3.05) is 37.8 Å². The minimum absolute atomic E-state index is 0.306. The molecule has 3 aromatic rings. The van der Waals surface area contributed by atoms with Gasteiger partial charge in [-0.2, -0.15) is 0 Å². The Morgan fingerprint density at radius 2 is 1.85 bits per heavy atom. The number of hydrogen-bond donors (Lipinski definition) is 0. The molecule has 1 fully saturated rings. The molecule has 0 bridgehead atoms. The van der Waals surface area contributed by atoms with E-state index in [0.717, 1.165) is 40.3 Å². The lowest BCUT2D eigenvalue weighted by Gasteiger charge is -2.28. The molecule has 33 heavy (non-hydrogen) atoms. The Bertz CT molecular complexity index is 1190. The van der Waals surface area contributed by atoms with Gasteiger partial charge in [-0.05, 0) is 42.3 Å². The molecular formula is C26H23Cl2NO3S. The van der Waals surface area contributed by atoms with Crippen LogP contribution in [0.15, 0.2) is 48.5 Å². The van der Waals surface area contributed by atoms with Gasteiger partial charge >= 0.3 is 5.97 Å². The quantitative estimate of drug-likeness (QED) is 0.316. The number of thiophene rings is 1. The lowest BCUT2D eigenvalue weighted by molar-refractivity contribution is 0.0531. The molecule has 2 aromatic carbocycles. The van der Waals surface area contributed by atoms with Crippen LogP contribution in [-0.4, -0.2) is 38.9 Å². The monoisotopic (exact) mass is 499 g/mol. The zero-order chi connectivity index (χ0) is 23.2. The van der Waals surface area contributed by atoms with Gasteiger partial charge < -0.3 is 14.4 Å². The van der Waals surface area contributed by atoms with Crippen LogP contribution in [0.5, 0.6) is 0 Å². The fraction of sp³-hybridized carbons (Fsp3) is 0.269. The summed E-state index contributed by atoms with van der Waals surface area (Å²) in [5.41, 5.74) is 3.56. The summed E-state index contributed by atoms with van der Waals surface area (Å²) < 4.78 is 10.9. The fourth-order valence-corrected chi connectivity index (χ4v) is 5.15. The Labute approximate surface area is 208 Å². The minimum Gasteiger partial charge on any atom is -0.462 e. The van der Waals surface area contributed by atoms with Gasteiger partial charge in [-0.25, -0.2) is 4.79 Å². The van der Waals surface area contributed by atoms with E-state index in [1.165, 1.54) is 11.3 Å². The van der Waals surface area contributed by atoms with Crippen molar-refractivity contribution in [3.05, 3.63) is 85.7 Å². The van der Waals surface area contributed by atoms with E-state index < -0.39 is 0 Å². The molecular weight excluding hydrogens is 477 g/mol. The van der Waals surface area contributed by atoms with E-state index in [9.17, 15) is 4.79 Å². The lowest BCUT2D eigenvalue weighted by atomic mass is 10.0. The first-order chi connectivity index (χ1) is 16.1. The molecule has 1 aliphatic rings. The van der Waals surface area contributed by atoms with Crippen LogP contribution < -0.4 is 4.90 Å². The molecule has 1 saturated heterocycles. The molecule has 1 aromatic heterocycles. The predicted molar refractivity (Wildman–Crippen MR) is 135 cm³/mol. The largest absolute Gasteiger partial charge is 0.462 e. The second kappa shape index (κ2) is 11.1. The van der Waals surface area contributed by atoms with Gasteiger partial charge in [0.05, 0.1) is 35.4 Å². The van der Waals surface area contributed by atoms with Gasteiger partial charge in [0.2, 0.25) is 0 Å². The third-order valence-electron chi connectivity index (χ3n) is 5.22. The summed E-state index contributed by atoms with van der Waals surface area (Å²) in [5.74, 6) is 6.31. The van der Waals surface area contributed by atoms with Crippen LogP contribution in [0.1, 0.15) is 38.8 Å². The summed E-state index contributed by atoms with van der Waals surface area (Å²) in [5, 5.41) is 1.95. The molecule has 7 heteroatoms. The molecule has 4 rings (SSSR count). The van der Waals surface area contributed by atoms with Gasteiger partial charge in [0.1, 0.15) is 9.88 Å². The Hall–Kier alpha value is -2.49. The number of halogens is 2. The molecule has 0 spiro atoms. The molecule has 0 saturated carbocycles. The van der Waals surface area contributed by atoms with Gasteiger partial charge in [0.25, 0.3) is 0 Å².